The average Bonchev–Trinajstić information content (AvgIpc) is 3.27. The van der Waals surface area contributed by atoms with E-state index in [0.29, 0.717) is 31.6 Å². The predicted molar refractivity (Wildman–Crippen MR) is 123 cm³/mol. The van der Waals surface area contributed by atoms with Gasteiger partial charge in [0.2, 0.25) is 5.91 Å². The topological polar surface area (TPSA) is 84.0 Å². The number of benzene rings is 2. The van der Waals surface area contributed by atoms with E-state index in [4.69, 9.17) is 9.47 Å². The van der Waals surface area contributed by atoms with Gasteiger partial charge in [-0.15, -0.1) is 0 Å². The molecule has 2 aromatic rings. The second kappa shape index (κ2) is 11.4. The van der Waals surface area contributed by atoms with E-state index in [1.807, 2.05) is 24.3 Å². The van der Waals surface area contributed by atoms with Crippen molar-refractivity contribution in [3.05, 3.63) is 59.2 Å². The van der Waals surface area contributed by atoms with Gasteiger partial charge in [-0.25, -0.2) is 0 Å². The van der Waals surface area contributed by atoms with Gasteiger partial charge < -0.3 is 25.4 Å². The predicted octanol–water partition coefficient (Wildman–Crippen LogP) is 3.23. The zero-order chi connectivity index (χ0) is 22.1. The first-order chi connectivity index (χ1) is 15.0. The fourth-order valence-electron chi connectivity index (χ4n) is 3.41. The van der Waals surface area contributed by atoms with Crippen LogP contribution in [0.4, 0.5) is 5.69 Å². The van der Waals surface area contributed by atoms with Gasteiger partial charge in [0.1, 0.15) is 5.75 Å². The number of rotatable bonds is 8. The van der Waals surface area contributed by atoms with Crippen LogP contribution >= 0.6 is 0 Å². The summed E-state index contributed by atoms with van der Waals surface area (Å²) in [7, 11) is 1.75. The average molecular weight is 425 g/mol. The van der Waals surface area contributed by atoms with Gasteiger partial charge in [-0.3, -0.25) is 9.79 Å². The first-order valence-electron chi connectivity index (χ1n) is 10.6. The summed E-state index contributed by atoms with van der Waals surface area (Å²) in [6.07, 6.45) is 1.05. The smallest absolute Gasteiger partial charge is 0.221 e. The quantitative estimate of drug-likeness (QED) is 0.448. The van der Waals surface area contributed by atoms with E-state index < -0.39 is 0 Å². The molecule has 7 heteroatoms. The fourth-order valence-corrected chi connectivity index (χ4v) is 3.41. The first-order valence-corrected chi connectivity index (χ1v) is 10.6. The third kappa shape index (κ3) is 7.29. The number of hydrogen-bond donors (Lipinski definition) is 3. The van der Waals surface area contributed by atoms with Crippen molar-refractivity contribution in [3.8, 4) is 5.75 Å². The normalized spacial score (nSPS) is 16.1. The highest BCUT2D eigenvalue weighted by atomic mass is 16.5. The van der Waals surface area contributed by atoms with Crippen LogP contribution in [0.2, 0.25) is 0 Å². The summed E-state index contributed by atoms with van der Waals surface area (Å²) in [6, 6.07) is 14.0. The third-order valence-electron chi connectivity index (χ3n) is 5.10. The van der Waals surface area contributed by atoms with E-state index in [9.17, 15) is 4.79 Å². The van der Waals surface area contributed by atoms with Crippen LogP contribution in [0.1, 0.15) is 30.0 Å². The number of aliphatic imine (C=N–C) groups is 1. The molecule has 0 spiro atoms. The zero-order valence-corrected chi connectivity index (χ0v) is 18.5. The molecule has 0 aliphatic carbocycles. The van der Waals surface area contributed by atoms with Gasteiger partial charge in [0.25, 0.3) is 0 Å². The third-order valence-corrected chi connectivity index (χ3v) is 5.10. The molecule has 1 aliphatic rings. The van der Waals surface area contributed by atoms with Gasteiger partial charge >= 0.3 is 0 Å². The van der Waals surface area contributed by atoms with Crippen LogP contribution in [0.3, 0.4) is 0 Å². The molecule has 1 amide bonds. The highest BCUT2D eigenvalue weighted by Gasteiger charge is 2.17. The lowest BCUT2D eigenvalue weighted by molar-refractivity contribution is -0.114. The number of ether oxygens (including phenoxy) is 2. The van der Waals surface area contributed by atoms with Crippen LogP contribution in [0.15, 0.2) is 47.5 Å². The van der Waals surface area contributed by atoms with E-state index in [1.165, 1.54) is 12.5 Å². The Hall–Kier alpha value is -3.06. The number of aryl methyl sites for hydroxylation is 1. The lowest BCUT2D eigenvalue weighted by atomic mass is 10.1. The number of anilines is 1. The molecule has 7 nitrogen and oxygen atoms in total. The van der Waals surface area contributed by atoms with E-state index in [-0.39, 0.29) is 5.91 Å². The molecule has 1 fully saturated rings. The number of nitrogens with zero attached hydrogens (tertiary/aromatic N) is 1. The van der Waals surface area contributed by atoms with Crippen molar-refractivity contribution in [2.75, 3.05) is 32.2 Å². The molecule has 1 aliphatic heterocycles. The Bertz CT molecular complexity index is 907. The van der Waals surface area contributed by atoms with Crippen molar-refractivity contribution >= 4 is 17.6 Å². The number of carbonyl (C=O) groups excluding carboxylic acids is 1. The summed E-state index contributed by atoms with van der Waals surface area (Å²) in [4.78, 5) is 15.6. The molecule has 1 heterocycles. The molecule has 1 atom stereocenters. The summed E-state index contributed by atoms with van der Waals surface area (Å²) in [5, 5.41) is 9.47. The lowest BCUT2D eigenvalue weighted by Crippen LogP contribution is -2.36. The Morgan fingerprint density at radius 1 is 1.19 bits per heavy atom. The van der Waals surface area contributed by atoms with E-state index >= 15 is 0 Å². The second-order valence-corrected chi connectivity index (χ2v) is 7.81. The van der Waals surface area contributed by atoms with Gasteiger partial charge in [0.15, 0.2) is 5.96 Å². The van der Waals surface area contributed by atoms with Crippen molar-refractivity contribution in [2.45, 2.75) is 33.4 Å². The second-order valence-electron chi connectivity index (χ2n) is 7.81. The number of amides is 1. The summed E-state index contributed by atoms with van der Waals surface area (Å²) in [6.45, 7) is 7.03. The largest absolute Gasteiger partial charge is 0.493 e. The summed E-state index contributed by atoms with van der Waals surface area (Å²) in [5.41, 5.74) is 4.08. The number of guanidine groups is 1. The Morgan fingerprint density at radius 2 is 2.03 bits per heavy atom. The van der Waals surface area contributed by atoms with Crippen molar-refractivity contribution in [1.82, 2.24) is 10.6 Å². The molecule has 1 unspecified atom stereocenters. The van der Waals surface area contributed by atoms with Crippen LogP contribution < -0.4 is 20.7 Å². The summed E-state index contributed by atoms with van der Waals surface area (Å²) in [5.74, 6) is 1.97. The van der Waals surface area contributed by atoms with E-state index in [2.05, 4.69) is 46.1 Å². The first kappa shape index (κ1) is 22.6. The Kier molecular flexibility index (Phi) is 8.29. The number of nitrogens with one attached hydrogen (secondary N) is 3. The Labute approximate surface area is 184 Å². The monoisotopic (exact) mass is 424 g/mol. The molecular formula is C24H32N4O3. The molecular weight excluding hydrogens is 392 g/mol. The van der Waals surface area contributed by atoms with Gasteiger partial charge in [-0.05, 0) is 42.7 Å². The van der Waals surface area contributed by atoms with Gasteiger partial charge in [-0.2, -0.15) is 0 Å². The molecule has 3 rings (SSSR count). The van der Waals surface area contributed by atoms with Crippen LogP contribution in [0.5, 0.6) is 5.75 Å². The molecule has 0 radical (unpaired) electrons. The molecule has 31 heavy (non-hydrogen) atoms. The number of hydrogen-bond acceptors (Lipinski definition) is 4. The highest BCUT2D eigenvalue weighted by molar-refractivity contribution is 5.88. The van der Waals surface area contributed by atoms with Crippen LogP contribution in [0, 0.1) is 12.8 Å². The fraction of sp³-hybridized carbons (Fsp3) is 0.417. The molecule has 2 aromatic carbocycles. The molecule has 166 valence electrons. The lowest BCUT2D eigenvalue weighted by Gasteiger charge is -2.17. The highest BCUT2D eigenvalue weighted by Crippen LogP contribution is 2.22. The maximum absolute atomic E-state index is 11.3. The van der Waals surface area contributed by atoms with E-state index in [1.54, 1.807) is 7.05 Å². The molecule has 0 aromatic heterocycles. The van der Waals surface area contributed by atoms with Crippen molar-refractivity contribution < 1.29 is 14.3 Å². The summed E-state index contributed by atoms with van der Waals surface area (Å²) >= 11 is 0. The van der Waals surface area contributed by atoms with Gasteiger partial charge in [0, 0.05) is 50.8 Å². The maximum Gasteiger partial charge on any atom is 0.221 e. The van der Waals surface area contributed by atoms with Crippen molar-refractivity contribution in [3.63, 3.8) is 0 Å². The SMILES string of the molecule is CN=C(NCc1cccc(NC(C)=O)c1)NCc1ccc(C)cc1OCC1CCOC1. The van der Waals surface area contributed by atoms with Crippen LogP contribution in [-0.4, -0.2) is 38.7 Å². The van der Waals surface area contributed by atoms with Crippen LogP contribution in [0.25, 0.3) is 0 Å². The Balaban J connectivity index is 1.55. The standard InChI is InChI=1S/C24H32N4O3/c1-17-7-8-21(23(11-17)31-16-20-9-10-30-15-20)14-27-24(25-3)26-13-19-5-4-6-22(12-19)28-18(2)29/h4-8,11-12,20H,9-10,13-16H2,1-3H3,(H,28,29)(H2,25,26,27). The van der Waals surface area contributed by atoms with Gasteiger partial charge in [-0.1, -0.05) is 24.3 Å². The zero-order valence-electron chi connectivity index (χ0n) is 18.5. The minimum atomic E-state index is -0.0841. The molecule has 0 bridgehead atoms. The van der Waals surface area contributed by atoms with Crippen molar-refractivity contribution in [1.29, 1.82) is 0 Å². The molecule has 3 N–H and O–H groups in total. The van der Waals surface area contributed by atoms with Gasteiger partial charge in [0.05, 0.1) is 13.2 Å². The maximum atomic E-state index is 11.3. The Morgan fingerprint density at radius 3 is 2.77 bits per heavy atom. The molecule has 1 saturated heterocycles. The minimum Gasteiger partial charge on any atom is -0.493 e. The number of carbonyl (C=O) groups is 1. The van der Waals surface area contributed by atoms with E-state index in [0.717, 1.165) is 42.2 Å². The minimum absolute atomic E-state index is 0.0841. The van der Waals surface area contributed by atoms with Crippen molar-refractivity contribution in [2.24, 2.45) is 10.9 Å². The molecule has 0 saturated carbocycles. The summed E-state index contributed by atoms with van der Waals surface area (Å²) < 4.78 is 11.6. The van der Waals surface area contributed by atoms with Crippen LogP contribution in [-0.2, 0) is 22.6 Å².